The van der Waals surface area contributed by atoms with Gasteiger partial charge in [0.25, 0.3) is 0 Å². The molecule has 0 radical (unpaired) electrons. The summed E-state index contributed by atoms with van der Waals surface area (Å²) >= 11 is 1.88. The molecule has 1 aliphatic heterocycles. The predicted molar refractivity (Wildman–Crippen MR) is 41.8 cm³/mol. The van der Waals surface area contributed by atoms with Crippen LogP contribution in [0.3, 0.4) is 0 Å². The van der Waals surface area contributed by atoms with Crippen LogP contribution in [0.15, 0.2) is 23.4 Å². The Morgan fingerprint density at radius 3 is 3.30 bits per heavy atom. The highest BCUT2D eigenvalue weighted by atomic mass is 32.2. The number of fused-ring (bicyclic) bond motifs is 1. The molecule has 2 rings (SSSR count). The molecule has 0 bridgehead atoms. The fourth-order valence-corrected chi connectivity index (χ4v) is 2.08. The number of nitrogen functional groups attached to an aromatic ring is 1. The van der Waals surface area contributed by atoms with Crippen LogP contribution in [0.25, 0.3) is 0 Å². The van der Waals surface area contributed by atoms with Crippen molar-refractivity contribution in [3.05, 3.63) is 18.3 Å². The van der Waals surface area contributed by atoms with E-state index in [-0.39, 0.29) is 0 Å². The smallest absolute Gasteiger partial charge is 0.240 e. The molecule has 2 heterocycles. The molecule has 1 aromatic rings. The normalized spacial score (nSPS) is 15.2. The van der Waals surface area contributed by atoms with Gasteiger partial charge in [0.15, 0.2) is 12.7 Å². The van der Waals surface area contributed by atoms with Crippen LogP contribution in [-0.2, 0) is 6.54 Å². The summed E-state index contributed by atoms with van der Waals surface area (Å²) in [5.74, 6) is 1.18. The van der Waals surface area contributed by atoms with E-state index in [0.29, 0.717) is 0 Å². The summed E-state index contributed by atoms with van der Waals surface area (Å²) in [5, 5.41) is 1.33. The largest absolute Gasteiger partial charge is 0.394 e. The van der Waals surface area contributed by atoms with Gasteiger partial charge in [-0.25, -0.2) is 0 Å². The SMILES string of the molecule is Nc1ccc2[n+](c1)CCS2. The van der Waals surface area contributed by atoms with Gasteiger partial charge in [0, 0.05) is 6.07 Å². The van der Waals surface area contributed by atoms with Crippen LogP contribution in [0.2, 0.25) is 0 Å². The van der Waals surface area contributed by atoms with Crippen molar-refractivity contribution in [2.75, 3.05) is 11.5 Å². The first kappa shape index (κ1) is 6.04. The maximum atomic E-state index is 5.60. The van der Waals surface area contributed by atoms with Gasteiger partial charge >= 0.3 is 0 Å². The van der Waals surface area contributed by atoms with Crippen molar-refractivity contribution < 1.29 is 4.57 Å². The number of nitrogens with two attached hydrogens (primary N) is 1. The molecule has 2 nitrogen and oxygen atoms in total. The first-order valence-corrected chi connectivity index (χ1v) is 4.26. The maximum absolute atomic E-state index is 5.60. The summed E-state index contributed by atoms with van der Waals surface area (Å²) < 4.78 is 2.19. The van der Waals surface area contributed by atoms with Gasteiger partial charge in [-0.2, -0.15) is 4.57 Å². The topological polar surface area (TPSA) is 29.9 Å². The van der Waals surface area contributed by atoms with Crippen molar-refractivity contribution in [3.8, 4) is 0 Å². The first-order chi connectivity index (χ1) is 4.86. The Morgan fingerprint density at radius 1 is 1.50 bits per heavy atom. The van der Waals surface area contributed by atoms with Gasteiger partial charge in [-0.05, 0) is 6.07 Å². The third-order valence-electron chi connectivity index (χ3n) is 1.59. The highest BCUT2D eigenvalue weighted by molar-refractivity contribution is 7.99. The minimum atomic E-state index is 0.853. The van der Waals surface area contributed by atoms with E-state index in [1.165, 1.54) is 10.8 Å². The Kier molecular flexibility index (Phi) is 1.31. The van der Waals surface area contributed by atoms with E-state index in [4.69, 9.17) is 5.73 Å². The fraction of sp³-hybridized carbons (Fsp3) is 0.286. The number of aryl methyl sites for hydroxylation is 1. The Hall–Kier alpha value is -0.700. The van der Waals surface area contributed by atoms with E-state index in [1.807, 2.05) is 24.0 Å². The quantitative estimate of drug-likeness (QED) is 0.555. The molecule has 0 atom stereocenters. The van der Waals surface area contributed by atoms with Crippen molar-refractivity contribution in [3.63, 3.8) is 0 Å². The van der Waals surface area contributed by atoms with Gasteiger partial charge in [-0.3, -0.25) is 0 Å². The van der Waals surface area contributed by atoms with Gasteiger partial charge in [0.05, 0.1) is 11.4 Å². The summed E-state index contributed by atoms with van der Waals surface area (Å²) in [6, 6.07) is 4.02. The van der Waals surface area contributed by atoms with Gasteiger partial charge in [0.2, 0.25) is 5.03 Å². The molecule has 0 spiro atoms. The van der Waals surface area contributed by atoms with Crippen LogP contribution in [0.1, 0.15) is 0 Å². The first-order valence-electron chi connectivity index (χ1n) is 3.28. The maximum Gasteiger partial charge on any atom is 0.240 e. The molecule has 1 aromatic heterocycles. The van der Waals surface area contributed by atoms with Gasteiger partial charge in [-0.1, -0.05) is 11.8 Å². The van der Waals surface area contributed by atoms with Crippen LogP contribution in [-0.4, -0.2) is 5.75 Å². The molecule has 0 aromatic carbocycles. The molecule has 10 heavy (non-hydrogen) atoms. The van der Waals surface area contributed by atoms with Crippen molar-refractivity contribution in [2.45, 2.75) is 11.6 Å². The molecule has 0 saturated carbocycles. The Morgan fingerprint density at radius 2 is 2.40 bits per heavy atom. The Bertz CT molecular complexity index is 260. The molecule has 2 N–H and O–H groups in total. The van der Waals surface area contributed by atoms with E-state index in [9.17, 15) is 0 Å². The summed E-state index contributed by atoms with van der Waals surface area (Å²) in [4.78, 5) is 0. The zero-order valence-corrected chi connectivity index (χ0v) is 6.40. The molecule has 3 heteroatoms. The van der Waals surface area contributed by atoms with Crippen LogP contribution < -0.4 is 10.3 Å². The Labute approximate surface area is 64.0 Å². The highest BCUT2D eigenvalue weighted by Crippen LogP contribution is 2.18. The Balaban J connectivity index is 2.52. The summed E-state index contributed by atoms with van der Waals surface area (Å²) in [6.45, 7) is 1.10. The number of aromatic nitrogens is 1. The number of hydrogen-bond donors (Lipinski definition) is 1. The highest BCUT2D eigenvalue weighted by Gasteiger charge is 2.18. The van der Waals surface area contributed by atoms with Crippen LogP contribution in [0.4, 0.5) is 5.69 Å². The number of rotatable bonds is 0. The van der Waals surface area contributed by atoms with E-state index in [0.717, 1.165) is 12.2 Å². The molecule has 0 aliphatic carbocycles. The monoisotopic (exact) mass is 153 g/mol. The summed E-state index contributed by atoms with van der Waals surface area (Å²) in [7, 11) is 0. The summed E-state index contributed by atoms with van der Waals surface area (Å²) in [6.07, 6.45) is 2.00. The predicted octanol–water partition coefficient (Wildman–Crippen LogP) is 0.662. The number of hydrogen-bond acceptors (Lipinski definition) is 2. The van der Waals surface area contributed by atoms with Crippen molar-refractivity contribution in [2.24, 2.45) is 0 Å². The fourth-order valence-electron chi connectivity index (χ4n) is 1.10. The molecule has 0 amide bonds. The zero-order valence-electron chi connectivity index (χ0n) is 5.58. The molecule has 0 unspecified atom stereocenters. The molecular formula is C7H9N2S+. The van der Waals surface area contributed by atoms with Gasteiger partial charge in [-0.15, -0.1) is 0 Å². The van der Waals surface area contributed by atoms with E-state index >= 15 is 0 Å². The number of pyridine rings is 1. The number of anilines is 1. The van der Waals surface area contributed by atoms with Crippen molar-refractivity contribution in [1.82, 2.24) is 0 Å². The van der Waals surface area contributed by atoms with E-state index < -0.39 is 0 Å². The lowest BCUT2D eigenvalue weighted by Crippen LogP contribution is -2.32. The van der Waals surface area contributed by atoms with Crippen LogP contribution in [0.5, 0.6) is 0 Å². The standard InChI is InChI=1S/C7H9N2S/c8-6-1-2-7-9(5-6)3-4-10-7/h1-2,5H,3-4,8H2/q+1. The molecule has 0 fully saturated rings. The average Bonchev–Trinajstić information content (AvgIpc) is 2.33. The second-order valence-electron chi connectivity index (χ2n) is 2.34. The second-order valence-corrected chi connectivity index (χ2v) is 3.46. The van der Waals surface area contributed by atoms with E-state index in [2.05, 4.69) is 10.6 Å². The number of thioether (sulfide) groups is 1. The molecular weight excluding hydrogens is 144 g/mol. The lowest BCUT2D eigenvalue weighted by Gasteiger charge is -1.91. The zero-order chi connectivity index (χ0) is 6.97. The minimum absolute atomic E-state index is 0.853. The lowest BCUT2D eigenvalue weighted by molar-refractivity contribution is -0.722. The van der Waals surface area contributed by atoms with Gasteiger partial charge in [0.1, 0.15) is 0 Å². The van der Waals surface area contributed by atoms with E-state index in [1.54, 1.807) is 0 Å². The number of nitrogens with zero attached hydrogens (tertiary/aromatic N) is 1. The molecule has 52 valence electrons. The second kappa shape index (κ2) is 2.16. The van der Waals surface area contributed by atoms with Crippen molar-refractivity contribution >= 4 is 17.4 Å². The minimum Gasteiger partial charge on any atom is -0.394 e. The third-order valence-corrected chi connectivity index (χ3v) is 2.64. The van der Waals surface area contributed by atoms with Crippen LogP contribution in [0, 0.1) is 0 Å². The van der Waals surface area contributed by atoms with Gasteiger partial charge < -0.3 is 5.73 Å². The average molecular weight is 153 g/mol. The third kappa shape index (κ3) is 0.865. The molecule has 0 saturated heterocycles. The van der Waals surface area contributed by atoms with Crippen molar-refractivity contribution in [1.29, 1.82) is 0 Å². The van der Waals surface area contributed by atoms with Crippen LogP contribution >= 0.6 is 11.8 Å². The summed E-state index contributed by atoms with van der Waals surface area (Å²) in [5.41, 5.74) is 6.45. The molecule has 1 aliphatic rings. The lowest BCUT2D eigenvalue weighted by atomic mass is 10.4.